The van der Waals surface area contributed by atoms with E-state index in [9.17, 15) is 18.0 Å². The minimum atomic E-state index is -3.80. The van der Waals surface area contributed by atoms with Gasteiger partial charge in [-0.3, -0.25) is 9.59 Å². The molecule has 2 aromatic rings. The minimum absolute atomic E-state index is 0.00536. The Labute approximate surface area is 190 Å². The molecule has 7 nitrogen and oxygen atoms in total. The Balaban J connectivity index is 1.91. The molecule has 0 aliphatic rings. The number of para-hydroxylation sites is 1. The summed E-state index contributed by atoms with van der Waals surface area (Å²) in [6.45, 7) is 1.63. The van der Waals surface area contributed by atoms with Crippen LogP contribution in [0.15, 0.2) is 47.4 Å². The molecule has 0 saturated carbocycles. The average Bonchev–Trinajstić information content (AvgIpc) is 2.69. The molecule has 0 radical (unpaired) electrons. The first-order valence-corrected chi connectivity index (χ1v) is 11.5. The molecular weight excluding hydrogens is 473 g/mol. The highest BCUT2D eigenvalue weighted by molar-refractivity contribution is 7.89. The van der Waals surface area contributed by atoms with Crippen LogP contribution in [0, 0.1) is 0 Å². The molecule has 2 amide bonds. The SMILES string of the molecule is CCN(CC(=O)Nc1c(Cl)cccc1Cl)C(=O)CCNS(=O)(=O)c1cccc(Cl)c1. The number of nitrogens with zero attached hydrogens (tertiary/aromatic N) is 1. The van der Waals surface area contributed by atoms with Crippen molar-refractivity contribution in [3.05, 3.63) is 57.5 Å². The Kier molecular flexibility index (Phi) is 8.93. The minimum Gasteiger partial charge on any atom is -0.334 e. The normalized spacial score (nSPS) is 11.2. The second kappa shape index (κ2) is 11.0. The fourth-order valence-electron chi connectivity index (χ4n) is 2.51. The van der Waals surface area contributed by atoms with Gasteiger partial charge in [-0.1, -0.05) is 46.9 Å². The second-order valence-corrected chi connectivity index (χ2v) is 9.18. The summed E-state index contributed by atoms with van der Waals surface area (Å²) in [5.41, 5.74) is 0.267. The van der Waals surface area contributed by atoms with Gasteiger partial charge in [-0.2, -0.15) is 0 Å². The van der Waals surface area contributed by atoms with Crippen molar-refractivity contribution in [2.24, 2.45) is 0 Å². The van der Waals surface area contributed by atoms with Crippen LogP contribution in [-0.4, -0.2) is 44.8 Å². The maximum absolute atomic E-state index is 12.4. The van der Waals surface area contributed by atoms with Gasteiger partial charge in [0.15, 0.2) is 0 Å². The molecule has 0 aromatic heterocycles. The van der Waals surface area contributed by atoms with Gasteiger partial charge < -0.3 is 10.2 Å². The quantitative estimate of drug-likeness (QED) is 0.556. The number of carbonyl (C=O) groups excluding carboxylic acids is 2. The molecule has 2 N–H and O–H groups in total. The van der Waals surface area contributed by atoms with Gasteiger partial charge in [-0.25, -0.2) is 13.1 Å². The lowest BCUT2D eigenvalue weighted by molar-refractivity contribution is -0.134. The number of likely N-dealkylation sites (N-methyl/N-ethyl adjacent to an activating group) is 1. The van der Waals surface area contributed by atoms with E-state index in [4.69, 9.17) is 34.8 Å². The van der Waals surface area contributed by atoms with Crippen molar-refractivity contribution in [1.29, 1.82) is 0 Å². The molecule has 0 unspecified atom stereocenters. The summed E-state index contributed by atoms with van der Waals surface area (Å²) in [4.78, 5) is 26.0. The highest BCUT2D eigenvalue weighted by atomic mass is 35.5. The standard InChI is InChI=1S/C19H20Cl3N3O4S/c1-2-25(12-17(26)24-19-15(21)7-4-8-16(19)22)18(27)9-10-23-30(28,29)14-6-3-5-13(20)11-14/h3-8,11,23H,2,9-10,12H2,1H3,(H,24,26). The van der Waals surface area contributed by atoms with Crippen molar-refractivity contribution in [1.82, 2.24) is 9.62 Å². The number of carbonyl (C=O) groups is 2. The summed E-state index contributed by atoms with van der Waals surface area (Å²) < 4.78 is 26.9. The molecule has 0 fully saturated rings. The van der Waals surface area contributed by atoms with Crippen LogP contribution in [0.1, 0.15) is 13.3 Å². The van der Waals surface area contributed by atoms with Crippen molar-refractivity contribution in [3.63, 3.8) is 0 Å². The molecule has 2 rings (SSSR count). The summed E-state index contributed by atoms with van der Waals surface area (Å²) in [6, 6.07) is 10.6. The van der Waals surface area contributed by atoms with E-state index in [2.05, 4.69) is 10.0 Å². The van der Waals surface area contributed by atoms with E-state index in [0.29, 0.717) is 0 Å². The summed E-state index contributed by atoms with van der Waals surface area (Å²) in [7, 11) is -3.80. The topological polar surface area (TPSA) is 95.6 Å². The van der Waals surface area contributed by atoms with Crippen LogP contribution in [-0.2, 0) is 19.6 Å². The Bertz CT molecular complexity index is 1010. The number of amides is 2. The van der Waals surface area contributed by atoms with E-state index in [1.165, 1.54) is 23.1 Å². The Morgan fingerprint density at radius 1 is 1.03 bits per heavy atom. The zero-order valence-electron chi connectivity index (χ0n) is 16.0. The van der Waals surface area contributed by atoms with Crippen molar-refractivity contribution in [2.75, 3.05) is 25.0 Å². The number of anilines is 1. The number of rotatable bonds is 9. The number of halogens is 3. The smallest absolute Gasteiger partial charge is 0.244 e. The van der Waals surface area contributed by atoms with Crippen LogP contribution in [0.5, 0.6) is 0 Å². The van der Waals surface area contributed by atoms with Gasteiger partial charge in [0.25, 0.3) is 0 Å². The van der Waals surface area contributed by atoms with Crippen molar-refractivity contribution < 1.29 is 18.0 Å². The fraction of sp³-hybridized carbons (Fsp3) is 0.263. The number of hydrogen-bond donors (Lipinski definition) is 2. The number of hydrogen-bond acceptors (Lipinski definition) is 4. The molecule has 0 atom stereocenters. The first kappa shape index (κ1) is 24.4. The summed E-state index contributed by atoms with van der Waals surface area (Å²) in [5.74, 6) is -0.855. The van der Waals surface area contributed by atoms with Gasteiger partial charge >= 0.3 is 0 Å². The van der Waals surface area contributed by atoms with Crippen LogP contribution in [0.25, 0.3) is 0 Å². The van der Waals surface area contributed by atoms with Crippen molar-refractivity contribution >= 4 is 62.3 Å². The van der Waals surface area contributed by atoms with Gasteiger partial charge in [0.1, 0.15) is 0 Å². The predicted octanol–water partition coefficient (Wildman–Crippen LogP) is 3.80. The van der Waals surface area contributed by atoms with E-state index >= 15 is 0 Å². The molecular formula is C19H20Cl3N3O4S. The molecule has 0 saturated heterocycles. The van der Waals surface area contributed by atoms with Crippen LogP contribution in [0.4, 0.5) is 5.69 Å². The zero-order valence-corrected chi connectivity index (χ0v) is 19.1. The molecule has 0 aliphatic heterocycles. The highest BCUT2D eigenvalue weighted by Crippen LogP contribution is 2.29. The summed E-state index contributed by atoms with van der Waals surface area (Å²) >= 11 is 17.9. The maximum Gasteiger partial charge on any atom is 0.244 e. The lowest BCUT2D eigenvalue weighted by atomic mass is 10.3. The van der Waals surface area contributed by atoms with Crippen LogP contribution in [0.2, 0.25) is 15.1 Å². The van der Waals surface area contributed by atoms with Crippen molar-refractivity contribution in [2.45, 2.75) is 18.2 Å². The lowest BCUT2D eigenvalue weighted by Crippen LogP contribution is -2.39. The number of nitrogens with one attached hydrogen (secondary N) is 2. The Morgan fingerprint density at radius 3 is 2.27 bits per heavy atom. The van der Waals surface area contributed by atoms with Gasteiger partial charge in [0.05, 0.1) is 27.2 Å². The third-order valence-corrected chi connectivity index (χ3v) is 6.36. The summed E-state index contributed by atoms with van der Waals surface area (Å²) in [5, 5.41) is 3.43. The van der Waals surface area contributed by atoms with E-state index < -0.39 is 15.9 Å². The lowest BCUT2D eigenvalue weighted by Gasteiger charge is -2.21. The maximum atomic E-state index is 12.4. The number of benzene rings is 2. The van der Waals surface area contributed by atoms with Gasteiger partial charge in [0, 0.05) is 24.5 Å². The summed E-state index contributed by atoms with van der Waals surface area (Å²) in [6.07, 6.45) is -0.117. The first-order chi connectivity index (χ1) is 14.1. The average molecular weight is 493 g/mol. The van der Waals surface area contributed by atoms with Gasteiger partial charge in [-0.15, -0.1) is 0 Å². The first-order valence-electron chi connectivity index (χ1n) is 8.91. The Hall–Kier alpha value is -1.84. The molecule has 30 heavy (non-hydrogen) atoms. The van der Waals surface area contributed by atoms with E-state index in [1.807, 2.05) is 0 Å². The third kappa shape index (κ3) is 6.85. The largest absolute Gasteiger partial charge is 0.334 e. The third-order valence-electron chi connectivity index (χ3n) is 4.03. The van der Waals surface area contributed by atoms with Crippen LogP contribution >= 0.6 is 34.8 Å². The molecule has 0 heterocycles. The predicted molar refractivity (Wildman–Crippen MR) is 119 cm³/mol. The monoisotopic (exact) mass is 491 g/mol. The molecule has 0 bridgehead atoms. The Morgan fingerprint density at radius 2 is 1.67 bits per heavy atom. The van der Waals surface area contributed by atoms with E-state index in [-0.39, 0.29) is 57.6 Å². The van der Waals surface area contributed by atoms with Gasteiger partial charge in [0.2, 0.25) is 21.8 Å². The van der Waals surface area contributed by atoms with E-state index in [1.54, 1.807) is 31.2 Å². The molecule has 0 spiro atoms. The second-order valence-electron chi connectivity index (χ2n) is 6.16. The molecule has 162 valence electrons. The molecule has 11 heteroatoms. The zero-order chi connectivity index (χ0) is 22.3. The fourth-order valence-corrected chi connectivity index (χ4v) is 4.34. The van der Waals surface area contributed by atoms with E-state index in [0.717, 1.165) is 0 Å². The molecule has 0 aliphatic carbocycles. The van der Waals surface area contributed by atoms with Crippen molar-refractivity contribution in [3.8, 4) is 0 Å². The van der Waals surface area contributed by atoms with Crippen LogP contribution < -0.4 is 10.0 Å². The van der Waals surface area contributed by atoms with Gasteiger partial charge in [-0.05, 0) is 37.3 Å². The molecule has 2 aromatic carbocycles. The number of sulfonamides is 1. The highest BCUT2D eigenvalue weighted by Gasteiger charge is 2.19. The van der Waals surface area contributed by atoms with Crippen LogP contribution in [0.3, 0.4) is 0 Å².